The normalized spacial score (nSPS) is 11.3. The Balaban J connectivity index is 2.50. The highest BCUT2D eigenvalue weighted by Crippen LogP contribution is 2.26. The van der Waals surface area contributed by atoms with E-state index in [9.17, 15) is 9.18 Å². The third-order valence-corrected chi connectivity index (χ3v) is 2.52. The lowest BCUT2D eigenvalue weighted by Gasteiger charge is -1.90. The second kappa shape index (κ2) is 2.70. The molecule has 1 aromatic carbocycles. The molecule has 4 heteroatoms. The number of para-hydroxylation sites is 1. The minimum absolute atomic E-state index is 0.287. The van der Waals surface area contributed by atoms with Gasteiger partial charge in [-0.25, -0.2) is 4.39 Å². The van der Waals surface area contributed by atoms with Crippen LogP contribution >= 0.6 is 0 Å². The quantitative estimate of drug-likeness (QED) is 0.585. The number of fused-ring (bicyclic) bond motifs is 3. The van der Waals surface area contributed by atoms with Gasteiger partial charge in [-0.1, -0.05) is 12.1 Å². The summed E-state index contributed by atoms with van der Waals surface area (Å²) in [6.07, 6.45) is 0.735. The molecule has 0 unspecified atom stereocenters. The fraction of sp³-hybridized carbons (Fsp3) is 0. The van der Waals surface area contributed by atoms with E-state index >= 15 is 0 Å². The van der Waals surface area contributed by atoms with E-state index in [-0.39, 0.29) is 5.82 Å². The van der Waals surface area contributed by atoms with E-state index in [4.69, 9.17) is 0 Å². The topological polar surface area (TPSA) is 48.6 Å². The van der Waals surface area contributed by atoms with Gasteiger partial charge in [-0.3, -0.25) is 4.79 Å². The Bertz CT molecular complexity index is 666. The number of hydrogen-bond donors (Lipinski definition) is 2. The number of nitrogens with one attached hydrogen (secondary N) is 2. The standard InChI is InChI=1S/C11H7FN2O/c12-9-3-1-2-7-8-4-6(5-15)13-11(8)14-10(7)9/h1-5,13-14H. The number of aldehydes is 1. The molecular weight excluding hydrogens is 195 g/mol. The molecule has 74 valence electrons. The van der Waals surface area contributed by atoms with Gasteiger partial charge in [0.25, 0.3) is 0 Å². The maximum atomic E-state index is 13.4. The van der Waals surface area contributed by atoms with Crippen molar-refractivity contribution in [3.63, 3.8) is 0 Å². The highest BCUT2D eigenvalue weighted by atomic mass is 19.1. The van der Waals surface area contributed by atoms with Crippen LogP contribution in [0.5, 0.6) is 0 Å². The highest BCUT2D eigenvalue weighted by molar-refractivity contribution is 6.08. The molecule has 0 saturated carbocycles. The minimum atomic E-state index is -0.287. The summed E-state index contributed by atoms with van der Waals surface area (Å²) in [6, 6.07) is 6.58. The van der Waals surface area contributed by atoms with Crippen molar-refractivity contribution < 1.29 is 9.18 Å². The number of carbonyl (C=O) groups is 1. The van der Waals surface area contributed by atoms with Crippen molar-refractivity contribution in [2.45, 2.75) is 0 Å². The largest absolute Gasteiger partial charge is 0.339 e. The molecule has 2 aromatic heterocycles. The summed E-state index contributed by atoms with van der Waals surface area (Å²) < 4.78 is 13.4. The highest BCUT2D eigenvalue weighted by Gasteiger charge is 2.09. The predicted octanol–water partition coefficient (Wildman–Crippen LogP) is 2.60. The van der Waals surface area contributed by atoms with Crippen molar-refractivity contribution in [1.29, 1.82) is 0 Å². The number of aromatic amines is 2. The van der Waals surface area contributed by atoms with Crippen LogP contribution in [0.2, 0.25) is 0 Å². The molecule has 0 fully saturated rings. The van der Waals surface area contributed by atoms with Gasteiger partial charge in [-0.15, -0.1) is 0 Å². The number of rotatable bonds is 1. The summed E-state index contributed by atoms with van der Waals surface area (Å²) >= 11 is 0. The molecule has 3 aromatic rings. The molecule has 0 aliphatic rings. The van der Waals surface area contributed by atoms with Gasteiger partial charge >= 0.3 is 0 Å². The molecule has 0 amide bonds. The zero-order valence-electron chi connectivity index (χ0n) is 7.67. The molecule has 2 heterocycles. The van der Waals surface area contributed by atoms with Gasteiger partial charge in [-0.05, 0) is 12.1 Å². The Hall–Kier alpha value is -2.10. The molecular formula is C11H7FN2O. The van der Waals surface area contributed by atoms with Crippen LogP contribution in [-0.4, -0.2) is 16.3 Å². The molecule has 0 radical (unpaired) electrons. The van der Waals surface area contributed by atoms with Crippen LogP contribution in [0.25, 0.3) is 21.9 Å². The van der Waals surface area contributed by atoms with E-state index in [0.717, 1.165) is 17.1 Å². The smallest absolute Gasteiger partial charge is 0.166 e. The first-order valence-electron chi connectivity index (χ1n) is 4.53. The molecule has 0 spiro atoms. The van der Waals surface area contributed by atoms with Crippen molar-refractivity contribution in [2.75, 3.05) is 0 Å². The van der Waals surface area contributed by atoms with Gasteiger partial charge in [0.2, 0.25) is 0 Å². The lowest BCUT2D eigenvalue weighted by molar-refractivity contribution is 0.112. The summed E-state index contributed by atoms with van der Waals surface area (Å²) in [7, 11) is 0. The number of H-pyrrole nitrogens is 2. The third kappa shape index (κ3) is 1.01. The Morgan fingerprint density at radius 1 is 1.20 bits per heavy atom. The van der Waals surface area contributed by atoms with E-state index in [1.165, 1.54) is 6.07 Å². The summed E-state index contributed by atoms with van der Waals surface area (Å²) in [5, 5.41) is 1.63. The van der Waals surface area contributed by atoms with Gasteiger partial charge in [0.1, 0.15) is 11.5 Å². The second-order valence-corrected chi connectivity index (χ2v) is 3.42. The van der Waals surface area contributed by atoms with Gasteiger partial charge in [-0.2, -0.15) is 0 Å². The van der Waals surface area contributed by atoms with Crippen LogP contribution in [0.1, 0.15) is 10.5 Å². The van der Waals surface area contributed by atoms with Crippen molar-refractivity contribution in [2.24, 2.45) is 0 Å². The summed E-state index contributed by atoms with van der Waals surface area (Å²) in [4.78, 5) is 16.3. The zero-order chi connectivity index (χ0) is 10.4. The molecule has 0 atom stereocenters. The van der Waals surface area contributed by atoms with Crippen LogP contribution in [-0.2, 0) is 0 Å². The molecule has 0 saturated heterocycles. The Morgan fingerprint density at radius 2 is 2.07 bits per heavy atom. The zero-order valence-corrected chi connectivity index (χ0v) is 7.67. The average Bonchev–Trinajstić information content (AvgIpc) is 2.76. The predicted molar refractivity (Wildman–Crippen MR) is 55.5 cm³/mol. The first-order chi connectivity index (χ1) is 7.29. The van der Waals surface area contributed by atoms with E-state index in [1.807, 2.05) is 6.07 Å². The van der Waals surface area contributed by atoms with Gasteiger partial charge in [0, 0.05) is 10.8 Å². The fourth-order valence-corrected chi connectivity index (χ4v) is 1.85. The number of carbonyl (C=O) groups excluding carboxylic acids is 1. The number of benzene rings is 1. The SMILES string of the molecule is O=Cc1cc2c([nH]1)[nH]c1c(F)cccc12. The first kappa shape index (κ1) is 8.23. The van der Waals surface area contributed by atoms with E-state index in [1.54, 1.807) is 12.1 Å². The molecule has 2 N–H and O–H groups in total. The third-order valence-electron chi connectivity index (χ3n) is 2.52. The van der Waals surface area contributed by atoms with Crippen LogP contribution in [0, 0.1) is 5.82 Å². The monoisotopic (exact) mass is 202 g/mol. The maximum Gasteiger partial charge on any atom is 0.166 e. The lowest BCUT2D eigenvalue weighted by Crippen LogP contribution is -1.79. The van der Waals surface area contributed by atoms with Crippen molar-refractivity contribution >= 4 is 28.2 Å². The Morgan fingerprint density at radius 3 is 2.87 bits per heavy atom. The molecule has 3 nitrogen and oxygen atoms in total. The summed E-state index contributed by atoms with van der Waals surface area (Å²) in [5.74, 6) is -0.287. The summed E-state index contributed by atoms with van der Waals surface area (Å²) in [6.45, 7) is 0. The second-order valence-electron chi connectivity index (χ2n) is 3.42. The fourth-order valence-electron chi connectivity index (χ4n) is 1.85. The van der Waals surface area contributed by atoms with Gasteiger partial charge < -0.3 is 9.97 Å². The molecule has 0 bridgehead atoms. The number of aromatic nitrogens is 2. The van der Waals surface area contributed by atoms with Crippen LogP contribution < -0.4 is 0 Å². The van der Waals surface area contributed by atoms with Gasteiger partial charge in [0.15, 0.2) is 6.29 Å². The molecule has 0 aliphatic carbocycles. The summed E-state index contributed by atoms with van der Waals surface area (Å²) in [5.41, 5.74) is 1.64. The number of halogens is 1. The van der Waals surface area contributed by atoms with Gasteiger partial charge in [0.05, 0.1) is 11.2 Å². The van der Waals surface area contributed by atoms with Crippen LogP contribution in [0.3, 0.4) is 0 Å². The average molecular weight is 202 g/mol. The Labute approximate surface area is 83.9 Å². The van der Waals surface area contributed by atoms with E-state index < -0.39 is 0 Å². The molecule has 15 heavy (non-hydrogen) atoms. The van der Waals surface area contributed by atoms with Crippen molar-refractivity contribution in [1.82, 2.24) is 9.97 Å². The minimum Gasteiger partial charge on any atom is -0.339 e. The molecule has 3 rings (SSSR count). The lowest BCUT2D eigenvalue weighted by atomic mass is 10.2. The first-order valence-corrected chi connectivity index (χ1v) is 4.53. The van der Waals surface area contributed by atoms with E-state index in [2.05, 4.69) is 9.97 Å². The van der Waals surface area contributed by atoms with E-state index in [0.29, 0.717) is 16.9 Å². The molecule has 0 aliphatic heterocycles. The Kier molecular flexibility index (Phi) is 1.48. The van der Waals surface area contributed by atoms with Crippen LogP contribution in [0.15, 0.2) is 24.3 Å². The van der Waals surface area contributed by atoms with Crippen LogP contribution in [0.4, 0.5) is 4.39 Å². The maximum absolute atomic E-state index is 13.4. The van der Waals surface area contributed by atoms with Crippen molar-refractivity contribution in [3.05, 3.63) is 35.8 Å². The van der Waals surface area contributed by atoms with Crippen molar-refractivity contribution in [3.8, 4) is 0 Å². The number of hydrogen-bond acceptors (Lipinski definition) is 1.